The fraction of sp³-hybridized carbons (Fsp3) is 0.533. The van der Waals surface area contributed by atoms with E-state index in [1.54, 1.807) is 0 Å². The van der Waals surface area contributed by atoms with Gasteiger partial charge in [0.1, 0.15) is 0 Å². The van der Waals surface area contributed by atoms with Crippen LogP contribution in [-0.4, -0.2) is 49.6 Å². The normalized spacial score (nSPS) is 17.8. The molecule has 1 saturated heterocycles. The molecule has 0 bridgehead atoms. The summed E-state index contributed by atoms with van der Waals surface area (Å²) in [7, 11) is 1.95. The molecule has 0 aliphatic carbocycles. The van der Waals surface area contributed by atoms with Gasteiger partial charge in [0.15, 0.2) is 0 Å². The van der Waals surface area contributed by atoms with E-state index >= 15 is 0 Å². The molecule has 1 aromatic rings. The second-order valence-corrected chi connectivity index (χ2v) is 5.65. The maximum absolute atomic E-state index is 12.3. The van der Waals surface area contributed by atoms with Gasteiger partial charge in [-0.2, -0.15) is 0 Å². The minimum atomic E-state index is 0.00713. The Morgan fingerprint density at radius 1 is 1.21 bits per heavy atom. The molecule has 2 rings (SSSR count). The molecule has 1 fully saturated rings. The number of piperazine rings is 1. The number of nitrogens with zero attached hydrogens (tertiary/aromatic N) is 2. The van der Waals surface area contributed by atoms with Crippen molar-refractivity contribution in [2.24, 2.45) is 0 Å². The van der Waals surface area contributed by atoms with Crippen LogP contribution in [0.1, 0.15) is 13.8 Å². The molecule has 0 aromatic heterocycles. The molecule has 4 heteroatoms. The SMILES string of the molecule is CNCC(C)(C)N1CCN(c2ccccc2)C(=O)C1. The summed E-state index contributed by atoms with van der Waals surface area (Å²) in [4.78, 5) is 16.5. The Morgan fingerprint density at radius 3 is 2.47 bits per heavy atom. The number of hydrogen-bond acceptors (Lipinski definition) is 3. The number of rotatable bonds is 4. The van der Waals surface area contributed by atoms with Crippen LogP contribution in [0.3, 0.4) is 0 Å². The zero-order valence-corrected chi connectivity index (χ0v) is 12.0. The van der Waals surface area contributed by atoms with Gasteiger partial charge in [-0.15, -0.1) is 0 Å². The molecule has 19 heavy (non-hydrogen) atoms. The van der Waals surface area contributed by atoms with Crippen LogP contribution in [0, 0.1) is 0 Å². The Bertz CT molecular complexity index is 430. The van der Waals surface area contributed by atoms with E-state index in [0.29, 0.717) is 6.54 Å². The Hall–Kier alpha value is -1.39. The fourth-order valence-corrected chi connectivity index (χ4v) is 2.62. The average Bonchev–Trinajstić information content (AvgIpc) is 2.39. The van der Waals surface area contributed by atoms with Crippen LogP contribution in [0.4, 0.5) is 5.69 Å². The quantitative estimate of drug-likeness (QED) is 0.888. The topological polar surface area (TPSA) is 35.6 Å². The van der Waals surface area contributed by atoms with E-state index in [0.717, 1.165) is 25.3 Å². The van der Waals surface area contributed by atoms with E-state index in [1.807, 2.05) is 42.3 Å². The maximum atomic E-state index is 12.3. The molecular formula is C15H23N3O. The van der Waals surface area contributed by atoms with Crippen molar-refractivity contribution in [3.05, 3.63) is 30.3 Å². The van der Waals surface area contributed by atoms with Crippen LogP contribution in [0.15, 0.2) is 30.3 Å². The average molecular weight is 261 g/mol. The standard InChI is InChI=1S/C15H23N3O/c1-15(2,12-16-3)17-9-10-18(14(19)11-17)13-7-5-4-6-8-13/h4-8,16H,9-12H2,1-3H3. The van der Waals surface area contributed by atoms with Crippen molar-refractivity contribution >= 4 is 11.6 Å². The number of anilines is 1. The van der Waals surface area contributed by atoms with Crippen LogP contribution in [0.5, 0.6) is 0 Å². The van der Waals surface area contributed by atoms with Gasteiger partial charge in [-0.05, 0) is 33.0 Å². The van der Waals surface area contributed by atoms with Crippen LogP contribution < -0.4 is 10.2 Å². The van der Waals surface area contributed by atoms with Crippen LogP contribution in [0.2, 0.25) is 0 Å². The minimum absolute atomic E-state index is 0.00713. The highest BCUT2D eigenvalue weighted by atomic mass is 16.2. The van der Waals surface area contributed by atoms with E-state index in [9.17, 15) is 4.79 Å². The summed E-state index contributed by atoms with van der Waals surface area (Å²) in [5.41, 5.74) is 1.01. The first-order valence-corrected chi connectivity index (χ1v) is 6.79. The van der Waals surface area contributed by atoms with Crippen LogP contribution >= 0.6 is 0 Å². The predicted molar refractivity (Wildman–Crippen MR) is 78.4 cm³/mol. The number of nitrogens with one attached hydrogen (secondary N) is 1. The van der Waals surface area contributed by atoms with Gasteiger partial charge in [0.2, 0.25) is 5.91 Å². The molecule has 1 amide bonds. The Kier molecular flexibility index (Phi) is 4.22. The molecule has 104 valence electrons. The second kappa shape index (κ2) is 5.72. The van der Waals surface area contributed by atoms with E-state index in [-0.39, 0.29) is 11.4 Å². The highest BCUT2D eigenvalue weighted by Gasteiger charge is 2.33. The molecule has 0 spiro atoms. The number of benzene rings is 1. The molecule has 1 heterocycles. The largest absolute Gasteiger partial charge is 0.318 e. The van der Waals surface area contributed by atoms with E-state index < -0.39 is 0 Å². The summed E-state index contributed by atoms with van der Waals surface area (Å²) in [6.07, 6.45) is 0. The van der Waals surface area contributed by atoms with Gasteiger partial charge in [0.25, 0.3) is 0 Å². The van der Waals surface area contributed by atoms with Crippen LogP contribution in [-0.2, 0) is 4.79 Å². The lowest BCUT2D eigenvalue weighted by Gasteiger charge is -2.43. The number of hydrogen-bond donors (Lipinski definition) is 1. The van der Waals surface area contributed by atoms with Crippen molar-refractivity contribution in [3.8, 4) is 0 Å². The summed E-state index contributed by atoms with van der Waals surface area (Å²) in [6, 6.07) is 9.90. The van der Waals surface area contributed by atoms with Crippen molar-refractivity contribution in [3.63, 3.8) is 0 Å². The first-order chi connectivity index (χ1) is 9.04. The van der Waals surface area contributed by atoms with Crippen molar-refractivity contribution in [1.82, 2.24) is 10.2 Å². The monoisotopic (exact) mass is 261 g/mol. The molecule has 1 aliphatic rings. The van der Waals surface area contributed by atoms with Crippen molar-refractivity contribution in [2.75, 3.05) is 38.1 Å². The smallest absolute Gasteiger partial charge is 0.241 e. The molecule has 1 aromatic carbocycles. The maximum Gasteiger partial charge on any atom is 0.241 e. The summed E-state index contributed by atoms with van der Waals surface area (Å²) >= 11 is 0. The van der Waals surface area contributed by atoms with Gasteiger partial charge < -0.3 is 10.2 Å². The van der Waals surface area contributed by atoms with Gasteiger partial charge in [0, 0.05) is 30.9 Å². The Labute approximate surface area is 115 Å². The first kappa shape index (κ1) is 14.0. The lowest BCUT2D eigenvalue weighted by atomic mass is 10.0. The number of para-hydroxylation sites is 1. The number of amides is 1. The van der Waals surface area contributed by atoms with Crippen molar-refractivity contribution < 1.29 is 4.79 Å². The second-order valence-electron chi connectivity index (χ2n) is 5.65. The van der Waals surface area contributed by atoms with Crippen molar-refractivity contribution in [2.45, 2.75) is 19.4 Å². The van der Waals surface area contributed by atoms with Gasteiger partial charge in [-0.3, -0.25) is 9.69 Å². The van der Waals surface area contributed by atoms with Gasteiger partial charge in [0.05, 0.1) is 6.54 Å². The molecule has 0 atom stereocenters. The molecule has 0 saturated carbocycles. The Balaban J connectivity index is 2.05. The summed E-state index contributed by atoms with van der Waals surface area (Å²) in [6.45, 7) is 7.39. The molecule has 0 unspecified atom stereocenters. The summed E-state index contributed by atoms with van der Waals surface area (Å²) in [5.74, 6) is 0.182. The van der Waals surface area contributed by atoms with Crippen LogP contribution in [0.25, 0.3) is 0 Å². The van der Waals surface area contributed by atoms with Gasteiger partial charge in [-0.1, -0.05) is 18.2 Å². The third-order valence-electron chi connectivity index (χ3n) is 3.75. The zero-order valence-electron chi connectivity index (χ0n) is 12.0. The lowest BCUT2D eigenvalue weighted by Crippen LogP contribution is -2.59. The van der Waals surface area contributed by atoms with E-state index in [1.165, 1.54) is 0 Å². The van der Waals surface area contributed by atoms with E-state index in [2.05, 4.69) is 24.1 Å². The highest BCUT2D eigenvalue weighted by Crippen LogP contribution is 2.21. The summed E-state index contributed by atoms with van der Waals surface area (Å²) in [5, 5.41) is 3.20. The number of carbonyl (C=O) groups is 1. The molecule has 1 N–H and O–H groups in total. The molecule has 1 aliphatic heterocycles. The van der Waals surface area contributed by atoms with Gasteiger partial charge >= 0.3 is 0 Å². The summed E-state index contributed by atoms with van der Waals surface area (Å²) < 4.78 is 0. The Morgan fingerprint density at radius 2 is 1.89 bits per heavy atom. The molecular weight excluding hydrogens is 238 g/mol. The fourth-order valence-electron chi connectivity index (χ4n) is 2.62. The zero-order chi connectivity index (χ0) is 13.9. The number of carbonyl (C=O) groups excluding carboxylic acids is 1. The third-order valence-corrected chi connectivity index (χ3v) is 3.75. The predicted octanol–water partition coefficient (Wildman–Crippen LogP) is 1.33. The molecule has 4 nitrogen and oxygen atoms in total. The first-order valence-electron chi connectivity index (χ1n) is 6.79. The third kappa shape index (κ3) is 3.14. The number of likely N-dealkylation sites (N-methyl/N-ethyl adjacent to an activating group) is 1. The van der Waals surface area contributed by atoms with Gasteiger partial charge in [-0.25, -0.2) is 0 Å². The molecule has 0 radical (unpaired) electrons. The minimum Gasteiger partial charge on any atom is -0.318 e. The lowest BCUT2D eigenvalue weighted by molar-refractivity contribution is -0.123. The highest BCUT2D eigenvalue weighted by molar-refractivity contribution is 5.95. The van der Waals surface area contributed by atoms with E-state index in [4.69, 9.17) is 0 Å². The van der Waals surface area contributed by atoms with Crippen molar-refractivity contribution in [1.29, 1.82) is 0 Å².